The van der Waals surface area contributed by atoms with Gasteiger partial charge in [0.25, 0.3) is 0 Å². The lowest BCUT2D eigenvalue weighted by molar-refractivity contribution is -0.123. The average molecular weight is 325 g/mol. The number of nitrogens with one attached hydrogen (secondary N) is 1. The predicted octanol–water partition coefficient (Wildman–Crippen LogP) is 3.15. The van der Waals surface area contributed by atoms with Crippen molar-refractivity contribution in [1.29, 1.82) is 0 Å². The number of benzene rings is 1. The molecule has 1 aromatic rings. The van der Waals surface area contributed by atoms with Gasteiger partial charge in [-0.15, -0.1) is 0 Å². The molecule has 1 N–H and O–H groups in total. The molecule has 0 aliphatic heterocycles. The van der Waals surface area contributed by atoms with Crippen LogP contribution >= 0.6 is 0 Å². The van der Waals surface area contributed by atoms with Crippen molar-refractivity contribution in [3.05, 3.63) is 35.4 Å². The maximum atomic E-state index is 12.4. The van der Waals surface area contributed by atoms with Gasteiger partial charge in [0, 0.05) is 0 Å². The molecule has 4 nitrogen and oxygen atoms in total. The highest BCUT2D eigenvalue weighted by Gasteiger charge is 2.32. The maximum Gasteiger partial charge on any atom is 0.243 e. The molecule has 0 spiro atoms. The molecule has 5 heteroatoms. The fraction of sp³-hybridized carbons (Fsp3) is 0.588. The Labute approximate surface area is 134 Å². The summed E-state index contributed by atoms with van der Waals surface area (Å²) in [6.45, 7) is 9.34. The second-order valence-corrected chi connectivity index (χ2v) is 8.36. The van der Waals surface area contributed by atoms with Gasteiger partial charge >= 0.3 is 0 Å². The van der Waals surface area contributed by atoms with Crippen LogP contribution < -0.4 is 4.72 Å². The molecule has 0 fully saturated rings. The van der Waals surface area contributed by atoms with E-state index in [1.807, 2.05) is 45.0 Å². The van der Waals surface area contributed by atoms with Crippen LogP contribution in [0.4, 0.5) is 0 Å². The van der Waals surface area contributed by atoms with E-state index < -0.39 is 21.3 Å². The smallest absolute Gasteiger partial charge is 0.243 e. The molecule has 0 saturated carbocycles. The minimum atomic E-state index is -3.60. The Kier molecular flexibility index (Phi) is 6.17. The van der Waals surface area contributed by atoms with Crippen LogP contribution in [0, 0.1) is 12.8 Å². The molecule has 1 unspecified atom stereocenters. The Morgan fingerprint density at radius 2 is 1.77 bits per heavy atom. The van der Waals surface area contributed by atoms with Crippen LogP contribution in [-0.4, -0.2) is 20.1 Å². The molecule has 0 saturated heterocycles. The number of amides is 1. The first kappa shape index (κ1) is 18.7. The Morgan fingerprint density at radius 3 is 2.27 bits per heavy atom. The van der Waals surface area contributed by atoms with Gasteiger partial charge < -0.3 is 0 Å². The van der Waals surface area contributed by atoms with Crippen LogP contribution in [0.5, 0.6) is 0 Å². The number of aryl methyl sites for hydroxylation is 1. The molecule has 1 aromatic carbocycles. The Balaban J connectivity index is 2.84. The Morgan fingerprint density at radius 1 is 1.23 bits per heavy atom. The van der Waals surface area contributed by atoms with Crippen LogP contribution in [-0.2, 0) is 20.2 Å². The van der Waals surface area contributed by atoms with Crippen LogP contribution in [0.15, 0.2) is 24.3 Å². The van der Waals surface area contributed by atoms with E-state index in [1.165, 1.54) is 0 Å². The van der Waals surface area contributed by atoms with Gasteiger partial charge in [0.15, 0.2) is 0 Å². The quantitative estimate of drug-likeness (QED) is 0.837. The molecule has 22 heavy (non-hydrogen) atoms. The van der Waals surface area contributed by atoms with Crippen molar-refractivity contribution in [3.63, 3.8) is 0 Å². The number of hydrogen-bond donors (Lipinski definition) is 1. The number of hydrogen-bond acceptors (Lipinski definition) is 3. The standard InChI is InChI=1S/C17H27NO3S/c1-6-7-14(3)12-22(20,21)18-16(19)17(4,5)15-10-8-13(2)9-11-15/h8-11,14H,6-7,12H2,1-5H3,(H,18,19). The van der Waals surface area contributed by atoms with Gasteiger partial charge in [0.05, 0.1) is 11.2 Å². The van der Waals surface area contributed by atoms with Crippen molar-refractivity contribution >= 4 is 15.9 Å². The molecule has 1 amide bonds. The highest BCUT2D eigenvalue weighted by Crippen LogP contribution is 2.24. The largest absolute Gasteiger partial charge is 0.273 e. The average Bonchev–Trinajstić information content (AvgIpc) is 2.37. The van der Waals surface area contributed by atoms with E-state index in [2.05, 4.69) is 4.72 Å². The van der Waals surface area contributed by atoms with E-state index >= 15 is 0 Å². The summed E-state index contributed by atoms with van der Waals surface area (Å²) in [5.41, 5.74) is 1.00. The third-order valence-electron chi connectivity index (χ3n) is 3.87. The molecule has 1 rings (SSSR count). The zero-order chi connectivity index (χ0) is 17.0. The van der Waals surface area contributed by atoms with Gasteiger partial charge in [0.1, 0.15) is 0 Å². The molecule has 0 heterocycles. The fourth-order valence-electron chi connectivity index (χ4n) is 2.36. The van der Waals surface area contributed by atoms with Gasteiger partial charge in [-0.05, 0) is 38.7 Å². The van der Waals surface area contributed by atoms with Crippen molar-refractivity contribution in [1.82, 2.24) is 4.72 Å². The highest BCUT2D eigenvalue weighted by atomic mass is 32.2. The summed E-state index contributed by atoms with van der Waals surface area (Å²) in [6, 6.07) is 7.56. The van der Waals surface area contributed by atoms with Gasteiger partial charge in [-0.25, -0.2) is 8.42 Å². The van der Waals surface area contributed by atoms with E-state index in [9.17, 15) is 13.2 Å². The molecule has 0 bridgehead atoms. The number of rotatable bonds is 7. The zero-order valence-electron chi connectivity index (χ0n) is 14.1. The molecular weight excluding hydrogens is 298 g/mol. The molecule has 0 aliphatic carbocycles. The maximum absolute atomic E-state index is 12.4. The molecule has 1 atom stereocenters. The lowest BCUT2D eigenvalue weighted by Gasteiger charge is -2.24. The normalized spacial score (nSPS) is 13.7. The first-order chi connectivity index (χ1) is 10.1. The van der Waals surface area contributed by atoms with Gasteiger partial charge in [0.2, 0.25) is 15.9 Å². The third kappa shape index (κ3) is 5.13. The van der Waals surface area contributed by atoms with Crippen molar-refractivity contribution < 1.29 is 13.2 Å². The Bertz CT molecular complexity index is 603. The molecule has 0 aromatic heterocycles. The summed E-state index contributed by atoms with van der Waals surface area (Å²) in [7, 11) is -3.60. The second kappa shape index (κ2) is 7.27. The van der Waals surface area contributed by atoms with Crippen molar-refractivity contribution in [3.8, 4) is 0 Å². The van der Waals surface area contributed by atoms with Crippen LogP contribution in [0.3, 0.4) is 0 Å². The number of sulfonamides is 1. The first-order valence-corrected chi connectivity index (χ1v) is 9.35. The summed E-state index contributed by atoms with van der Waals surface area (Å²) < 4.78 is 26.5. The fourth-order valence-corrected chi connectivity index (χ4v) is 3.90. The van der Waals surface area contributed by atoms with Crippen molar-refractivity contribution in [2.45, 2.75) is 52.9 Å². The lowest BCUT2D eigenvalue weighted by Crippen LogP contribution is -2.44. The van der Waals surface area contributed by atoms with Crippen LogP contribution in [0.1, 0.15) is 51.7 Å². The minimum Gasteiger partial charge on any atom is -0.273 e. The van der Waals surface area contributed by atoms with E-state index in [4.69, 9.17) is 0 Å². The number of carbonyl (C=O) groups excluding carboxylic acids is 1. The monoisotopic (exact) mass is 325 g/mol. The zero-order valence-corrected chi connectivity index (χ0v) is 15.0. The number of carbonyl (C=O) groups is 1. The predicted molar refractivity (Wildman–Crippen MR) is 90.2 cm³/mol. The van der Waals surface area contributed by atoms with Gasteiger partial charge in [-0.2, -0.15) is 0 Å². The van der Waals surface area contributed by atoms with Gasteiger partial charge in [-0.1, -0.05) is 50.1 Å². The van der Waals surface area contributed by atoms with E-state index in [0.717, 1.165) is 24.0 Å². The van der Waals surface area contributed by atoms with E-state index in [0.29, 0.717) is 0 Å². The van der Waals surface area contributed by atoms with E-state index in [1.54, 1.807) is 13.8 Å². The third-order valence-corrected chi connectivity index (χ3v) is 5.38. The minimum absolute atomic E-state index is 0.0173. The second-order valence-electron chi connectivity index (χ2n) is 6.60. The summed E-state index contributed by atoms with van der Waals surface area (Å²) >= 11 is 0. The van der Waals surface area contributed by atoms with Crippen LogP contribution in [0.2, 0.25) is 0 Å². The van der Waals surface area contributed by atoms with Crippen molar-refractivity contribution in [2.24, 2.45) is 5.92 Å². The highest BCUT2D eigenvalue weighted by molar-refractivity contribution is 7.90. The van der Waals surface area contributed by atoms with Crippen LogP contribution in [0.25, 0.3) is 0 Å². The summed E-state index contributed by atoms with van der Waals surface area (Å²) in [4.78, 5) is 12.4. The summed E-state index contributed by atoms with van der Waals surface area (Å²) in [5.74, 6) is -0.464. The molecule has 0 aliphatic rings. The summed E-state index contributed by atoms with van der Waals surface area (Å²) in [5, 5.41) is 0. The van der Waals surface area contributed by atoms with Crippen molar-refractivity contribution in [2.75, 3.05) is 5.75 Å². The molecule has 124 valence electrons. The molecule has 0 radical (unpaired) electrons. The topological polar surface area (TPSA) is 63.2 Å². The lowest BCUT2D eigenvalue weighted by atomic mass is 9.84. The Hall–Kier alpha value is -1.36. The first-order valence-electron chi connectivity index (χ1n) is 7.70. The summed E-state index contributed by atoms with van der Waals surface area (Å²) in [6.07, 6.45) is 1.76. The van der Waals surface area contributed by atoms with E-state index in [-0.39, 0.29) is 11.7 Å². The SMILES string of the molecule is CCCC(C)CS(=O)(=O)NC(=O)C(C)(C)c1ccc(C)cc1. The van der Waals surface area contributed by atoms with Gasteiger partial charge in [-0.3, -0.25) is 9.52 Å². The molecular formula is C17H27NO3S.